The zero-order valence-corrected chi connectivity index (χ0v) is 15.2. The second kappa shape index (κ2) is 8.09. The van der Waals surface area contributed by atoms with E-state index in [1.54, 1.807) is 12.1 Å². The van der Waals surface area contributed by atoms with Crippen LogP contribution >= 0.6 is 0 Å². The predicted octanol–water partition coefficient (Wildman–Crippen LogP) is 0.761. The maximum Gasteiger partial charge on any atom is 0.251 e. The van der Waals surface area contributed by atoms with Crippen LogP contribution in [-0.4, -0.2) is 61.7 Å². The van der Waals surface area contributed by atoms with E-state index in [0.717, 1.165) is 0 Å². The Hall–Kier alpha value is -1.74. The molecule has 2 rings (SSSR count). The third-order valence-electron chi connectivity index (χ3n) is 3.79. The van der Waals surface area contributed by atoms with Gasteiger partial charge in [0, 0.05) is 25.2 Å². The molecule has 1 aliphatic rings. The van der Waals surface area contributed by atoms with Gasteiger partial charge >= 0.3 is 0 Å². The molecule has 0 aromatic heterocycles. The van der Waals surface area contributed by atoms with Crippen molar-refractivity contribution >= 4 is 15.9 Å². The summed E-state index contributed by atoms with van der Waals surface area (Å²) >= 11 is 0. The van der Waals surface area contributed by atoms with Crippen LogP contribution in [0.2, 0.25) is 0 Å². The number of hydrogen-bond donors (Lipinski definition) is 2. The first-order chi connectivity index (χ1) is 11.8. The average molecular weight is 368 g/mol. The Bertz CT molecular complexity index is 732. The van der Waals surface area contributed by atoms with E-state index >= 15 is 0 Å². The Morgan fingerprint density at radius 3 is 2.84 bits per heavy atom. The highest BCUT2D eigenvalue weighted by Crippen LogP contribution is 2.24. The van der Waals surface area contributed by atoms with E-state index in [-0.39, 0.29) is 35.6 Å². The van der Waals surface area contributed by atoms with E-state index in [9.17, 15) is 18.3 Å². The van der Waals surface area contributed by atoms with Gasteiger partial charge in [0.15, 0.2) is 0 Å². The lowest BCUT2D eigenvalue weighted by atomic mass is 10.2. The maximum absolute atomic E-state index is 12.8. The number of β-amino-alcohol motifs (C(OH)–C–C–N with tert-alkyl or cyclic N) is 1. The topological polar surface area (TPSA) is 95.9 Å². The van der Waals surface area contributed by atoms with Crippen LogP contribution in [0, 0.1) is 0 Å². The van der Waals surface area contributed by atoms with Crippen molar-refractivity contribution in [2.75, 3.05) is 19.6 Å². The fourth-order valence-electron chi connectivity index (χ4n) is 2.62. The van der Waals surface area contributed by atoms with Crippen LogP contribution in [0.15, 0.2) is 41.8 Å². The Morgan fingerprint density at radius 1 is 1.48 bits per heavy atom. The van der Waals surface area contributed by atoms with Crippen LogP contribution in [0.1, 0.15) is 24.2 Å². The van der Waals surface area contributed by atoms with Gasteiger partial charge in [-0.15, -0.1) is 6.58 Å². The van der Waals surface area contributed by atoms with E-state index in [4.69, 9.17) is 4.74 Å². The fourth-order valence-corrected chi connectivity index (χ4v) is 4.13. The van der Waals surface area contributed by atoms with Crippen LogP contribution in [0.25, 0.3) is 0 Å². The lowest BCUT2D eigenvalue weighted by molar-refractivity contribution is -0.0391. The molecule has 0 unspecified atom stereocenters. The van der Waals surface area contributed by atoms with Gasteiger partial charge in [-0.05, 0) is 32.0 Å². The van der Waals surface area contributed by atoms with Crippen molar-refractivity contribution in [3.05, 3.63) is 42.5 Å². The van der Waals surface area contributed by atoms with Gasteiger partial charge in [-0.3, -0.25) is 4.79 Å². The molecular formula is C17H24N2O5S. The molecule has 2 N–H and O–H groups in total. The van der Waals surface area contributed by atoms with Crippen LogP contribution < -0.4 is 5.32 Å². The Kier molecular flexibility index (Phi) is 6.34. The monoisotopic (exact) mass is 368 g/mol. The molecule has 1 amide bonds. The van der Waals surface area contributed by atoms with E-state index in [0.29, 0.717) is 6.54 Å². The summed E-state index contributed by atoms with van der Waals surface area (Å²) in [6.45, 7) is 7.51. The number of hydrogen-bond acceptors (Lipinski definition) is 5. The zero-order valence-electron chi connectivity index (χ0n) is 14.4. The molecule has 1 aromatic carbocycles. The summed E-state index contributed by atoms with van der Waals surface area (Å²) in [5.74, 6) is -0.376. The molecule has 0 saturated carbocycles. The number of benzene rings is 1. The second-order valence-corrected chi connectivity index (χ2v) is 8.08. The third-order valence-corrected chi connectivity index (χ3v) is 5.62. The number of aliphatic hydroxyl groups is 1. The molecule has 1 aromatic rings. The molecule has 0 radical (unpaired) electrons. The lowest BCUT2D eigenvalue weighted by Crippen LogP contribution is -2.31. The van der Waals surface area contributed by atoms with Gasteiger partial charge < -0.3 is 15.2 Å². The molecule has 1 fully saturated rings. The predicted molar refractivity (Wildman–Crippen MR) is 93.7 cm³/mol. The first kappa shape index (κ1) is 19.6. The highest BCUT2D eigenvalue weighted by atomic mass is 32.2. The van der Waals surface area contributed by atoms with Gasteiger partial charge in [-0.25, -0.2) is 8.42 Å². The van der Waals surface area contributed by atoms with Crippen molar-refractivity contribution in [3.8, 4) is 0 Å². The highest BCUT2D eigenvalue weighted by molar-refractivity contribution is 7.89. The van der Waals surface area contributed by atoms with E-state index in [1.807, 2.05) is 13.8 Å². The summed E-state index contributed by atoms with van der Waals surface area (Å²) in [5, 5.41) is 12.7. The van der Waals surface area contributed by atoms with E-state index in [1.165, 1.54) is 22.5 Å². The molecule has 8 heteroatoms. The quantitative estimate of drug-likeness (QED) is 0.693. The number of carbonyl (C=O) groups is 1. The normalized spacial score (nSPS) is 21.4. The largest absolute Gasteiger partial charge is 0.389 e. The molecule has 7 nitrogen and oxygen atoms in total. The minimum absolute atomic E-state index is 0.0103. The van der Waals surface area contributed by atoms with Crippen molar-refractivity contribution in [2.24, 2.45) is 0 Å². The van der Waals surface area contributed by atoms with Gasteiger partial charge in [-0.2, -0.15) is 4.31 Å². The molecule has 1 saturated heterocycles. The van der Waals surface area contributed by atoms with Crippen LogP contribution in [0.4, 0.5) is 0 Å². The van der Waals surface area contributed by atoms with Gasteiger partial charge in [0.25, 0.3) is 5.91 Å². The molecule has 1 aliphatic heterocycles. The smallest absolute Gasteiger partial charge is 0.251 e. The van der Waals surface area contributed by atoms with Crippen molar-refractivity contribution < 1.29 is 23.1 Å². The van der Waals surface area contributed by atoms with Crippen LogP contribution in [-0.2, 0) is 14.8 Å². The summed E-state index contributed by atoms with van der Waals surface area (Å²) in [6, 6.07) is 5.82. The molecule has 138 valence electrons. The molecule has 0 aliphatic carbocycles. The first-order valence-electron chi connectivity index (χ1n) is 8.08. The number of nitrogens with one attached hydrogen (secondary N) is 1. The first-order valence-corrected chi connectivity index (χ1v) is 9.52. The van der Waals surface area contributed by atoms with Crippen molar-refractivity contribution in [1.29, 1.82) is 0 Å². The number of ether oxygens (including phenoxy) is 1. The molecule has 1 heterocycles. The number of carbonyl (C=O) groups excluding carboxylic acids is 1. The Morgan fingerprint density at radius 2 is 2.20 bits per heavy atom. The van der Waals surface area contributed by atoms with Gasteiger partial charge in [0.1, 0.15) is 0 Å². The number of amides is 1. The van der Waals surface area contributed by atoms with Crippen molar-refractivity contribution in [2.45, 2.75) is 37.1 Å². The zero-order chi connectivity index (χ0) is 18.6. The summed E-state index contributed by atoms with van der Waals surface area (Å²) in [5.41, 5.74) is 0.248. The Labute approximate surface area is 148 Å². The summed E-state index contributed by atoms with van der Waals surface area (Å²) < 4.78 is 32.4. The molecular weight excluding hydrogens is 344 g/mol. The standard InChI is InChI=1S/C17H24N2O5S/c1-4-8-18-17(21)13-6-5-7-14(9-13)25(22,23)19-10-15(20)16(11-19)24-12(2)3/h4-7,9,12,15-16,20H,1,8,10-11H2,2-3H3,(H,18,21)/t15-,16-/m1/s1. The van der Waals surface area contributed by atoms with Crippen molar-refractivity contribution in [3.63, 3.8) is 0 Å². The Balaban J connectivity index is 2.20. The molecule has 25 heavy (non-hydrogen) atoms. The maximum atomic E-state index is 12.8. The van der Waals surface area contributed by atoms with Gasteiger partial charge in [0.05, 0.1) is 23.2 Å². The second-order valence-electron chi connectivity index (χ2n) is 6.14. The molecule has 2 atom stereocenters. The molecule has 0 spiro atoms. The SMILES string of the molecule is C=CCNC(=O)c1cccc(S(=O)(=O)N2C[C@@H](O)[C@H](OC(C)C)C2)c1. The third kappa shape index (κ3) is 4.66. The molecule has 0 bridgehead atoms. The average Bonchev–Trinajstić information content (AvgIpc) is 2.93. The number of rotatable bonds is 7. The van der Waals surface area contributed by atoms with Gasteiger partial charge in [0.2, 0.25) is 10.0 Å². The number of sulfonamides is 1. The highest BCUT2D eigenvalue weighted by Gasteiger charge is 2.39. The van der Waals surface area contributed by atoms with Gasteiger partial charge in [-0.1, -0.05) is 12.1 Å². The van der Waals surface area contributed by atoms with Crippen LogP contribution in [0.3, 0.4) is 0 Å². The fraction of sp³-hybridized carbons (Fsp3) is 0.471. The lowest BCUT2D eigenvalue weighted by Gasteiger charge is -2.18. The van der Waals surface area contributed by atoms with E-state index in [2.05, 4.69) is 11.9 Å². The minimum atomic E-state index is -3.82. The minimum Gasteiger partial charge on any atom is -0.389 e. The van der Waals surface area contributed by atoms with Crippen molar-refractivity contribution in [1.82, 2.24) is 9.62 Å². The van der Waals surface area contributed by atoms with Crippen LogP contribution in [0.5, 0.6) is 0 Å². The summed E-state index contributed by atoms with van der Waals surface area (Å²) in [7, 11) is -3.82. The number of nitrogens with zero attached hydrogens (tertiary/aromatic N) is 1. The summed E-state index contributed by atoms with van der Waals surface area (Å²) in [6.07, 6.45) is -0.0109. The summed E-state index contributed by atoms with van der Waals surface area (Å²) in [4.78, 5) is 12.0. The van der Waals surface area contributed by atoms with E-state index < -0.39 is 22.2 Å². The number of aliphatic hydroxyl groups excluding tert-OH is 1.